The Morgan fingerprint density at radius 1 is 1.04 bits per heavy atom. The van der Waals surface area contributed by atoms with Gasteiger partial charge in [0.05, 0.1) is 0 Å². The van der Waals surface area contributed by atoms with E-state index in [-0.39, 0.29) is 17.5 Å². The minimum absolute atomic E-state index is 0.0828. The zero-order chi connectivity index (χ0) is 17.4. The molecular weight excluding hydrogens is 320 g/mol. The monoisotopic (exact) mass is 346 g/mol. The average molecular weight is 346 g/mol. The second-order valence-corrected chi connectivity index (χ2v) is 9.24. The van der Waals surface area contributed by atoms with E-state index >= 15 is 0 Å². The van der Waals surface area contributed by atoms with Crippen molar-refractivity contribution in [2.45, 2.75) is 52.4 Å². The first-order chi connectivity index (χ1) is 11.4. The maximum atomic E-state index is 13.0. The van der Waals surface area contributed by atoms with Gasteiger partial charge in [-0.2, -0.15) is 0 Å². The Morgan fingerprint density at radius 3 is 2.21 bits per heavy atom. The second kappa shape index (κ2) is 6.91. The van der Waals surface area contributed by atoms with Crippen molar-refractivity contribution < 1.29 is 13.8 Å². The van der Waals surface area contributed by atoms with E-state index in [0.717, 1.165) is 47.5 Å². The summed E-state index contributed by atoms with van der Waals surface area (Å²) in [7, 11) is -0.677. The van der Waals surface area contributed by atoms with Crippen LogP contribution >= 0.6 is 0 Å². The van der Waals surface area contributed by atoms with Gasteiger partial charge in [0.15, 0.2) is 5.78 Å². The number of ketones is 2. The van der Waals surface area contributed by atoms with Crippen molar-refractivity contribution in [2.24, 2.45) is 11.8 Å². The molecule has 1 aliphatic heterocycles. The van der Waals surface area contributed by atoms with Crippen LogP contribution in [0.25, 0.3) is 0 Å². The number of hydrogen-bond donors (Lipinski definition) is 0. The topological polar surface area (TPSA) is 51.2 Å². The Morgan fingerprint density at radius 2 is 1.62 bits per heavy atom. The second-order valence-electron chi connectivity index (χ2n) is 7.54. The SMILES string of the molecule is Cc1cc(C)c(C2C(=O)CC(CC3CCS(=O)CC3)C2=O)c(C)c1. The van der Waals surface area contributed by atoms with Crippen LogP contribution in [0.4, 0.5) is 0 Å². The molecule has 0 bridgehead atoms. The van der Waals surface area contributed by atoms with Gasteiger partial charge in [-0.15, -0.1) is 0 Å². The Labute approximate surface area is 146 Å². The molecule has 2 unspecified atom stereocenters. The summed E-state index contributed by atoms with van der Waals surface area (Å²) < 4.78 is 11.5. The van der Waals surface area contributed by atoms with Crippen molar-refractivity contribution in [3.8, 4) is 0 Å². The van der Waals surface area contributed by atoms with Gasteiger partial charge < -0.3 is 0 Å². The smallest absolute Gasteiger partial charge is 0.151 e. The molecule has 3 rings (SSSR count). The van der Waals surface area contributed by atoms with Crippen LogP contribution in [0.15, 0.2) is 12.1 Å². The Kier molecular flexibility index (Phi) is 5.05. The minimum Gasteiger partial charge on any atom is -0.298 e. The van der Waals surface area contributed by atoms with Gasteiger partial charge in [0.25, 0.3) is 0 Å². The highest BCUT2D eigenvalue weighted by Gasteiger charge is 2.43. The van der Waals surface area contributed by atoms with Crippen molar-refractivity contribution in [1.29, 1.82) is 0 Å². The third kappa shape index (κ3) is 3.39. The van der Waals surface area contributed by atoms with E-state index in [1.165, 1.54) is 5.56 Å². The molecular formula is C20H26O3S. The zero-order valence-corrected chi connectivity index (χ0v) is 15.6. The molecule has 0 amide bonds. The highest BCUT2D eigenvalue weighted by Crippen LogP contribution is 2.39. The lowest BCUT2D eigenvalue weighted by Crippen LogP contribution is -2.23. The summed E-state index contributed by atoms with van der Waals surface area (Å²) in [5, 5.41) is 0. The van der Waals surface area contributed by atoms with Gasteiger partial charge >= 0.3 is 0 Å². The molecule has 3 nitrogen and oxygen atoms in total. The number of rotatable bonds is 3. The highest BCUT2D eigenvalue weighted by molar-refractivity contribution is 7.85. The minimum atomic E-state index is -0.677. The van der Waals surface area contributed by atoms with Gasteiger partial charge in [-0.25, -0.2) is 0 Å². The normalized spacial score (nSPS) is 30.8. The first kappa shape index (κ1) is 17.5. The summed E-state index contributed by atoms with van der Waals surface area (Å²) in [6.45, 7) is 6.04. The van der Waals surface area contributed by atoms with Gasteiger partial charge in [-0.05, 0) is 62.6 Å². The molecule has 0 radical (unpaired) electrons. The molecule has 1 aromatic rings. The lowest BCUT2D eigenvalue weighted by atomic mass is 9.84. The van der Waals surface area contributed by atoms with E-state index in [9.17, 15) is 13.8 Å². The quantitative estimate of drug-likeness (QED) is 0.788. The number of hydrogen-bond acceptors (Lipinski definition) is 3. The van der Waals surface area contributed by atoms with Crippen molar-refractivity contribution in [3.63, 3.8) is 0 Å². The Balaban J connectivity index is 1.78. The Bertz CT molecular complexity index is 674. The first-order valence-corrected chi connectivity index (χ1v) is 10.3. The highest BCUT2D eigenvalue weighted by atomic mass is 32.2. The fourth-order valence-electron chi connectivity index (χ4n) is 4.49. The van der Waals surface area contributed by atoms with Crippen molar-refractivity contribution in [2.75, 3.05) is 11.5 Å². The third-order valence-corrected chi connectivity index (χ3v) is 6.99. The lowest BCUT2D eigenvalue weighted by molar-refractivity contribution is -0.125. The van der Waals surface area contributed by atoms with E-state index in [4.69, 9.17) is 0 Å². The van der Waals surface area contributed by atoms with Crippen LogP contribution in [0, 0.1) is 32.6 Å². The summed E-state index contributed by atoms with van der Waals surface area (Å²) >= 11 is 0. The summed E-state index contributed by atoms with van der Waals surface area (Å²) in [5.41, 5.74) is 4.20. The molecule has 2 aliphatic rings. The van der Waals surface area contributed by atoms with Crippen LogP contribution in [-0.4, -0.2) is 27.3 Å². The van der Waals surface area contributed by atoms with Gasteiger partial charge in [-0.1, -0.05) is 17.7 Å². The van der Waals surface area contributed by atoms with Crippen molar-refractivity contribution in [3.05, 3.63) is 34.4 Å². The van der Waals surface area contributed by atoms with Crippen LogP contribution in [0.5, 0.6) is 0 Å². The predicted molar refractivity (Wildman–Crippen MR) is 96.7 cm³/mol. The molecule has 0 N–H and O–H groups in total. The maximum Gasteiger partial charge on any atom is 0.151 e. The lowest BCUT2D eigenvalue weighted by Gasteiger charge is -2.23. The van der Waals surface area contributed by atoms with Gasteiger partial charge in [0.1, 0.15) is 11.7 Å². The molecule has 1 aromatic carbocycles. The van der Waals surface area contributed by atoms with Gasteiger partial charge in [0, 0.05) is 34.6 Å². The molecule has 4 heteroatoms. The van der Waals surface area contributed by atoms with Crippen LogP contribution in [0.3, 0.4) is 0 Å². The molecule has 1 aliphatic carbocycles. The maximum absolute atomic E-state index is 13.0. The predicted octanol–water partition coefficient (Wildman–Crippen LogP) is 3.40. The molecule has 0 spiro atoms. The molecule has 1 saturated carbocycles. The number of aryl methyl sites for hydroxylation is 3. The summed E-state index contributed by atoms with van der Waals surface area (Å²) in [4.78, 5) is 25.6. The van der Waals surface area contributed by atoms with Gasteiger partial charge in [-0.3, -0.25) is 13.8 Å². The summed E-state index contributed by atoms with van der Waals surface area (Å²) in [6.07, 6.45) is 3.04. The number of Topliss-reactive ketones (excluding diaryl/α,β-unsaturated/α-hetero) is 2. The van der Waals surface area contributed by atoms with Crippen molar-refractivity contribution >= 4 is 22.4 Å². The third-order valence-electron chi connectivity index (χ3n) is 5.61. The first-order valence-electron chi connectivity index (χ1n) is 8.86. The fraction of sp³-hybridized carbons (Fsp3) is 0.600. The molecule has 2 fully saturated rings. The Hall–Kier alpha value is -1.29. The molecule has 24 heavy (non-hydrogen) atoms. The number of carbonyl (C=O) groups excluding carboxylic acids is 2. The average Bonchev–Trinajstić information content (AvgIpc) is 2.76. The van der Waals surface area contributed by atoms with E-state index in [1.807, 2.05) is 20.8 Å². The molecule has 0 aromatic heterocycles. The molecule has 2 atom stereocenters. The number of carbonyl (C=O) groups is 2. The van der Waals surface area contributed by atoms with E-state index < -0.39 is 16.7 Å². The van der Waals surface area contributed by atoms with Crippen LogP contribution in [-0.2, 0) is 20.4 Å². The van der Waals surface area contributed by atoms with Crippen LogP contribution < -0.4 is 0 Å². The molecule has 1 heterocycles. The van der Waals surface area contributed by atoms with Crippen molar-refractivity contribution in [1.82, 2.24) is 0 Å². The van der Waals surface area contributed by atoms with Crippen LogP contribution in [0.1, 0.15) is 53.9 Å². The van der Waals surface area contributed by atoms with Gasteiger partial charge in [0.2, 0.25) is 0 Å². The molecule has 130 valence electrons. The van der Waals surface area contributed by atoms with E-state index in [2.05, 4.69) is 12.1 Å². The largest absolute Gasteiger partial charge is 0.298 e. The number of benzene rings is 1. The molecule has 1 saturated heterocycles. The summed E-state index contributed by atoms with van der Waals surface area (Å²) in [6, 6.07) is 4.12. The zero-order valence-electron chi connectivity index (χ0n) is 14.8. The summed E-state index contributed by atoms with van der Waals surface area (Å²) in [5.74, 6) is 1.44. The fourth-order valence-corrected chi connectivity index (χ4v) is 5.88. The standard InChI is InChI=1S/C20H26O3S/c1-12-8-13(2)18(14(3)9-12)19-17(21)11-16(20(19)22)10-15-4-6-24(23)7-5-15/h8-9,15-16,19H,4-7,10-11H2,1-3H3. The van der Waals surface area contributed by atoms with E-state index in [0.29, 0.717) is 12.3 Å². The van der Waals surface area contributed by atoms with Crippen LogP contribution in [0.2, 0.25) is 0 Å². The van der Waals surface area contributed by atoms with E-state index in [1.54, 1.807) is 0 Å².